The molecule has 0 aromatic heterocycles. The van der Waals surface area contributed by atoms with Crippen molar-refractivity contribution in [2.24, 2.45) is 0 Å². The molecule has 0 fully saturated rings. The number of rotatable bonds is 9. The lowest BCUT2D eigenvalue weighted by atomic mass is 9.92. The molecular formula is C17H26O4. The molecule has 21 heavy (non-hydrogen) atoms. The Labute approximate surface area is 127 Å². The predicted molar refractivity (Wildman–Crippen MR) is 83.4 cm³/mol. The zero-order valence-corrected chi connectivity index (χ0v) is 13.7. The van der Waals surface area contributed by atoms with Crippen LogP contribution >= 0.6 is 0 Å². The highest BCUT2D eigenvalue weighted by molar-refractivity contribution is 6.02. The van der Waals surface area contributed by atoms with E-state index in [-0.39, 0.29) is 5.78 Å². The molecule has 118 valence electrons. The number of hydrogen-bond donors (Lipinski definition) is 0. The molecule has 1 atom stereocenters. The summed E-state index contributed by atoms with van der Waals surface area (Å²) in [6.07, 6.45) is 0.622. The van der Waals surface area contributed by atoms with Gasteiger partial charge in [-0.05, 0) is 52.3 Å². The summed E-state index contributed by atoms with van der Waals surface area (Å²) in [5, 5.41) is 0. The molecule has 0 radical (unpaired) electrons. The number of carbonyl (C=O) groups excluding carboxylic acids is 1. The third-order valence-electron chi connectivity index (χ3n) is 3.42. The van der Waals surface area contributed by atoms with Crippen LogP contribution in [0.3, 0.4) is 0 Å². The first kappa shape index (κ1) is 17.5. The number of benzene rings is 1. The zero-order valence-electron chi connectivity index (χ0n) is 13.7. The minimum Gasteiger partial charge on any atom is -0.490 e. The van der Waals surface area contributed by atoms with E-state index in [1.54, 1.807) is 18.2 Å². The average molecular weight is 294 g/mol. The monoisotopic (exact) mass is 294 g/mol. The van der Waals surface area contributed by atoms with Crippen LogP contribution in [0.25, 0.3) is 0 Å². The summed E-state index contributed by atoms with van der Waals surface area (Å²) in [6.45, 7) is 11.1. The molecule has 0 aliphatic carbocycles. The van der Waals surface area contributed by atoms with Crippen LogP contribution in [0.2, 0.25) is 0 Å². The lowest BCUT2D eigenvalue weighted by Gasteiger charge is -2.27. The lowest BCUT2D eigenvalue weighted by Crippen LogP contribution is -2.37. The van der Waals surface area contributed by atoms with E-state index in [0.29, 0.717) is 43.3 Å². The van der Waals surface area contributed by atoms with E-state index in [9.17, 15) is 4.79 Å². The highest BCUT2D eigenvalue weighted by atomic mass is 16.5. The minimum atomic E-state index is -0.800. The molecule has 0 aliphatic heterocycles. The summed E-state index contributed by atoms with van der Waals surface area (Å²) < 4.78 is 16.7. The van der Waals surface area contributed by atoms with Crippen LogP contribution in [0.4, 0.5) is 0 Å². The molecule has 0 saturated carbocycles. The van der Waals surface area contributed by atoms with Gasteiger partial charge in [-0.25, -0.2) is 0 Å². The van der Waals surface area contributed by atoms with Crippen molar-refractivity contribution in [1.82, 2.24) is 0 Å². The van der Waals surface area contributed by atoms with Crippen LogP contribution in [0, 0.1) is 0 Å². The van der Waals surface area contributed by atoms with E-state index < -0.39 is 5.60 Å². The topological polar surface area (TPSA) is 44.8 Å². The quantitative estimate of drug-likeness (QED) is 0.648. The summed E-state index contributed by atoms with van der Waals surface area (Å²) in [4.78, 5) is 12.7. The van der Waals surface area contributed by atoms with Crippen molar-refractivity contribution < 1.29 is 19.0 Å². The van der Waals surface area contributed by atoms with E-state index in [1.165, 1.54) is 0 Å². The summed E-state index contributed by atoms with van der Waals surface area (Å²) >= 11 is 0. The Bertz CT molecular complexity index is 470. The van der Waals surface area contributed by atoms with E-state index in [1.807, 2.05) is 34.6 Å². The van der Waals surface area contributed by atoms with Crippen LogP contribution in [-0.2, 0) is 4.74 Å². The van der Waals surface area contributed by atoms with E-state index >= 15 is 0 Å². The normalized spacial score (nSPS) is 13.6. The van der Waals surface area contributed by atoms with Gasteiger partial charge in [0.25, 0.3) is 0 Å². The van der Waals surface area contributed by atoms with Gasteiger partial charge in [0.2, 0.25) is 0 Å². The van der Waals surface area contributed by atoms with E-state index in [2.05, 4.69) is 0 Å². The van der Waals surface area contributed by atoms with Gasteiger partial charge in [0.15, 0.2) is 17.3 Å². The van der Waals surface area contributed by atoms with Crippen molar-refractivity contribution >= 4 is 5.78 Å². The Balaban J connectivity index is 3.12. The van der Waals surface area contributed by atoms with E-state index in [0.717, 1.165) is 0 Å². The van der Waals surface area contributed by atoms with Gasteiger partial charge in [-0.15, -0.1) is 0 Å². The van der Waals surface area contributed by atoms with Crippen LogP contribution in [0.5, 0.6) is 11.5 Å². The Morgan fingerprint density at radius 3 is 2.14 bits per heavy atom. The van der Waals surface area contributed by atoms with E-state index in [4.69, 9.17) is 14.2 Å². The molecule has 1 rings (SSSR count). The Hall–Kier alpha value is -1.55. The van der Waals surface area contributed by atoms with Gasteiger partial charge in [-0.3, -0.25) is 4.79 Å². The third kappa shape index (κ3) is 4.21. The summed E-state index contributed by atoms with van der Waals surface area (Å²) in [5.74, 6) is 1.22. The zero-order chi connectivity index (χ0) is 15.9. The molecule has 0 saturated heterocycles. The average Bonchev–Trinajstić information content (AvgIpc) is 2.49. The number of Topliss-reactive ketones (excluding diaryl/α,β-unsaturated/α-hetero) is 1. The predicted octanol–water partition coefficient (Wildman–Crippen LogP) is 3.87. The third-order valence-corrected chi connectivity index (χ3v) is 3.42. The SMILES string of the molecule is CCOc1ccc(C(=O)C(C)(CC)OCC)cc1OCC. The van der Waals surface area contributed by atoms with Crippen LogP contribution < -0.4 is 9.47 Å². The first-order valence-corrected chi connectivity index (χ1v) is 7.60. The number of hydrogen-bond acceptors (Lipinski definition) is 4. The molecule has 0 N–H and O–H groups in total. The molecule has 4 heteroatoms. The van der Waals surface area contributed by atoms with Gasteiger partial charge in [-0.1, -0.05) is 6.92 Å². The van der Waals surface area contributed by atoms with Gasteiger partial charge in [0.1, 0.15) is 5.60 Å². The van der Waals surface area contributed by atoms with Crippen molar-refractivity contribution in [2.75, 3.05) is 19.8 Å². The van der Waals surface area contributed by atoms with Crippen LogP contribution in [0.1, 0.15) is 51.4 Å². The van der Waals surface area contributed by atoms with Crippen LogP contribution in [0.15, 0.2) is 18.2 Å². The number of ether oxygens (including phenoxy) is 3. The van der Waals surface area contributed by atoms with Gasteiger partial charge in [0.05, 0.1) is 13.2 Å². The first-order chi connectivity index (χ1) is 10.0. The molecule has 1 aromatic rings. The number of ketones is 1. The Morgan fingerprint density at radius 1 is 1.00 bits per heavy atom. The van der Waals surface area contributed by atoms with Gasteiger partial charge < -0.3 is 14.2 Å². The van der Waals surface area contributed by atoms with Gasteiger partial charge in [-0.2, -0.15) is 0 Å². The molecule has 0 bridgehead atoms. The van der Waals surface area contributed by atoms with Gasteiger partial charge in [0, 0.05) is 12.2 Å². The Morgan fingerprint density at radius 2 is 1.62 bits per heavy atom. The van der Waals surface area contributed by atoms with Crippen molar-refractivity contribution in [3.8, 4) is 11.5 Å². The maximum atomic E-state index is 12.7. The fourth-order valence-electron chi connectivity index (χ4n) is 2.14. The van der Waals surface area contributed by atoms with Gasteiger partial charge >= 0.3 is 0 Å². The van der Waals surface area contributed by atoms with Crippen molar-refractivity contribution in [3.05, 3.63) is 23.8 Å². The second-order valence-corrected chi connectivity index (χ2v) is 4.87. The fraction of sp³-hybridized carbons (Fsp3) is 0.588. The molecule has 1 aromatic carbocycles. The second kappa shape index (κ2) is 8.03. The van der Waals surface area contributed by atoms with Crippen molar-refractivity contribution in [2.45, 2.75) is 46.6 Å². The highest BCUT2D eigenvalue weighted by Crippen LogP contribution is 2.31. The molecular weight excluding hydrogens is 268 g/mol. The summed E-state index contributed by atoms with van der Waals surface area (Å²) in [7, 11) is 0. The number of carbonyl (C=O) groups is 1. The lowest BCUT2D eigenvalue weighted by molar-refractivity contribution is -0.0116. The second-order valence-electron chi connectivity index (χ2n) is 4.87. The molecule has 0 aliphatic rings. The van der Waals surface area contributed by atoms with Crippen LogP contribution in [-0.4, -0.2) is 31.2 Å². The smallest absolute Gasteiger partial charge is 0.194 e. The molecule has 0 amide bonds. The largest absolute Gasteiger partial charge is 0.490 e. The molecule has 0 spiro atoms. The Kier molecular flexibility index (Phi) is 6.69. The fourth-order valence-corrected chi connectivity index (χ4v) is 2.14. The van der Waals surface area contributed by atoms with Crippen molar-refractivity contribution in [1.29, 1.82) is 0 Å². The maximum Gasteiger partial charge on any atom is 0.194 e. The maximum absolute atomic E-state index is 12.7. The molecule has 4 nitrogen and oxygen atoms in total. The summed E-state index contributed by atoms with van der Waals surface area (Å²) in [5.41, 5.74) is -0.217. The summed E-state index contributed by atoms with van der Waals surface area (Å²) in [6, 6.07) is 5.29. The molecule has 1 unspecified atom stereocenters. The first-order valence-electron chi connectivity index (χ1n) is 7.60. The molecule has 0 heterocycles. The van der Waals surface area contributed by atoms with Crippen molar-refractivity contribution in [3.63, 3.8) is 0 Å². The standard InChI is InChI=1S/C17H26O4/c1-6-17(5,21-9-4)16(18)13-10-11-14(19-7-2)15(12-13)20-8-3/h10-12H,6-9H2,1-5H3. The minimum absolute atomic E-state index is 0.0316. The highest BCUT2D eigenvalue weighted by Gasteiger charge is 2.33.